The first-order valence-corrected chi connectivity index (χ1v) is 11.7. The van der Waals surface area contributed by atoms with Gasteiger partial charge in [0.05, 0.1) is 13.2 Å². The van der Waals surface area contributed by atoms with Crippen LogP contribution in [0.2, 0.25) is 0 Å². The number of hydrogen-bond acceptors (Lipinski definition) is 5. The number of ether oxygens (including phenoxy) is 1. The minimum Gasteiger partial charge on any atom is -0.495 e. The van der Waals surface area contributed by atoms with Gasteiger partial charge in [-0.1, -0.05) is 19.1 Å². The Labute approximate surface area is 171 Å². The molecule has 0 aliphatic carbocycles. The van der Waals surface area contributed by atoms with Gasteiger partial charge in [-0.2, -0.15) is 0 Å². The number of benzene rings is 2. The molecule has 2 aromatic rings. The first-order chi connectivity index (χ1) is 13.3. The van der Waals surface area contributed by atoms with E-state index in [2.05, 4.69) is 10.0 Å². The SMILES string of the molecule is CCCNS(=O)(=O)c1cc(C(=O)N[C@@H](C)c2ccc(SC)cc2)ccc1OC. The molecule has 6 nitrogen and oxygen atoms in total. The van der Waals surface area contributed by atoms with E-state index in [0.717, 1.165) is 10.5 Å². The van der Waals surface area contributed by atoms with Gasteiger partial charge in [-0.25, -0.2) is 13.1 Å². The van der Waals surface area contributed by atoms with Crippen molar-refractivity contribution in [3.05, 3.63) is 53.6 Å². The van der Waals surface area contributed by atoms with E-state index in [9.17, 15) is 13.2 Å². The zero-order valence-electron chi connectivity index (χ0n) is 16.5. The number of carbonyl (C=O) groups excluding carboxylic acids is 1. The Morgan fingerprint density at radius 1 is 1.18 bits per heavy atom. The lowest BCUT2D eigenvalue weighted by Crippen LogP contribution is -2.28. The van der Waals surface area contributed by atoms with Crippen molar-refractivity contribution in [2.24, 2.45) is 0 Å². The van der Waals surface area contributed by atoms with Crippen molar-refractivity contribution in [1.82, 2.24) is 10.0 Å². The second kappa shape index (κ2) is 9.95. The Kier molecular flexibility index (Phi) is 7.91. The molecule has 0 aliphatic heterocycles. The van der Waals surface area contributed by atoms with E-state index in [1.165, 1.54) is 19.2 Å². The van der Waals surface area contributed by atoms with E-state index in [4.69, 9.17) is 4.74 Å². The van der Waals surface area contributed by atoms with Crippen LogP contribution in [0.15, 0.2) is 52.3 Å². The zero-order chi connectivity index (χ0) is 20.7. The fraction of sp³-hybridized carbons (Fsp3) is 0.350. The van der Waals surface area contributed by atoms with Gasteiger partial charge in [0.2, 0.25) is 10.0 Å². The Morgan fingerprint density at radius 3 is 2.43 bits per heavy atom. The highest BCUT2D eigenvalue weighted by molar-refractivity contribution is 7.98. The molecule has 2 N–H and O–H groups in total. The lowest BCUT2D eigenvalue weighted by molar-refractivity contribution is 0.0939. The van der Waals surface area contributed by atoms with Crippen molar-refractivity contribution in [1.29, 1.82) is 0 Å². The van der Waals surface area contributed by atoms with Crippen LogP contribution in [0.3, 0.4) is 0 Å². The van der Waals surface area contributed by atoms with Gasteiger partial charge in [-0.15, -0.1) is 11.8 Å². The van der Waals surface area contributed by atoms with E-state index in [-0.39, 0.29) is 28.2 Å². The first-order valence-electron chi connectivity index (χ1n) is 8.95. The van der Waals surface area contributed by atoms with Crippen LogP contribution in [0.25, 0.3) is 0 Å². The number of sulfonamides is 1. The topological polar surface area (TPSA) is 84.5 Å². The number of nitrogens with one attached hydrogen (secondary N) is 2. The standard InChI is InChI=1S/C20H26N2O4S2/c1-5-12-21-28(24,25)19-13-16(8-11-18(19)26-3)20(23)22-14(2)15-6-9-17(27-4)10-7-15/h6-11,13-14,21H,5,12H2,1-4H3,(H,22,23)/t14-/m0/s1. The van der Waals surface area contributed by atoms with Crippen molar-refractivity contribution in [3.63, 3.8) is 0 Å². The largest absolute Gasteiger partial charge is 0.495 e. The molecule has 152 valence electrons. The molecular formula is C20H26N2O4S2. The molecule has 0 unspecified atom stereocenters. The molecule has 2 rings (SSSR count). The molecule has 0 bridgehead atoms. The number of thioether (sulfide) groups is 1. The van der Waals surface area contributed by atoms with Crippen molar-refractivity contribution in [2.75, 3.05) is 19.9 Å². The predicted molar refractivity (Wildman–Crippen MR) is 113 cm³/mol. The van der Waals surface area contributed by atoms with Crippen LogP contribution in [-0.4, -0.2) is 34.2 Å². The molecule has 0 aliphatic rings. The van der Waals surface area contributed by atoms with Crippen LogP contribution in [0, 0.1) is 0 Å². The summed E-state index contributed by atoms with van der Waals surface area (Å²) in [6.45, 7) is 4.07. The molecule has 2 aromatic carbocycles. The third-order valence-corrected chi connectivity index (χ3v) is 6.45. The van der Waals surface area contributed by atoms with Gasteiger partial charge in [0.15, 0.2) is 0 Å². The maximum Gasteiger partial charge on any atom is 0.251 e. The van der Waals surface area contributed by atoms with E-state index in [0.29, 0.717) is 13.0 Å². The summed E-state index contributed by atoms with van der Waals surface area (Å²) >= 11 is 1.65. The summed E-state index contributed by atoms with van der Waals surface area (Å²) in [6, 6.07) is 12.1. The van der Waals surface area contributed by atoms with E-state index < -0.39 is 10.0 Å². The molecule has 0 saturated heterocycles. The molecule has 1 atom stereocenters. The lowest BCUT2D eigenvalue weighted by atomic mass is 10.1. The van der Waals surface area contributed by atoms with E-state index >= 15 is 0 Å². The Balaban J connectivity index is 2.24. The molecule has 8 heteroatoms. The van der Waals surface area contributed by atoms with Gasteiger partial charge in [-0.05, 0) is 55.5 Å². The third-order valence-electron chi connectivity index (χ3n) is 4.22. The number of carbonyl (C=O) groups is 1. The Morgan fingerprint density at radius 2 is 1.86 bits per heavy atom. The molecule has 0 aromatic heterocycles. The summed E-state index contributed by atoms with van der Waals surface area (Å²) in [6.07, 6.45) is 2.67. The second-order valence-corrected chi connectivity index (χ2v) is 8.85. The predicted octanol–water partition coefficient (Wildman–Crippen LogP) is 3.60. The molecule has 0 fully saturated rings. The zero-order valence-corrected chi connectivity index (χ0v) is 18.1. The van der Waals surface area contributed by atoms with Gasteiger partial charge in [0.1, 0.15) is 10.6 Å². The molecule has 28 heavy (non-hydrogen) atoms. The van der Waals surface area contributed by atoms with Crippen molar-refractivity contribution in [2.45, 2.75) is 36.1 Å². The summed E-state index contributed by atoms with van der Waals surface area (Å²) < 4.78 is 32.7. The third kappa shape index (κ3) is 5.50. The minimum atomic E-state index is -3.77. The molecular weight excluding hydrogens is 396 g/mol. The quantitative estimate of drug-likeness (QED) is 0.603. The molecule has 0 saturated carbocycles. The van der Waals surface area contributed by atoms with Gasteiger partial charge in [-0.3, -0.25) is 4.79 Å². The van der Waals surface area contributed by atoms with Gasteiger partial charge >= 0.3 is 0 Å². The molecule has 0 heterocycles. The van der Waals surface area contributed by atoms with Gasteiger partial charge in [0, 0.05) is 17.0 Å². The summed E-state index contributed by atoms with van der Waals surface area (Å²) in [5, 5.41) is 2.91. The lowest BCUT2D eigenvalue weighted by Gasteiger charge is -2.16. The van der Waals surface area contributed by atoms with E-state index in [1.807, 2.05) is 44.4 Å². The number of hydrogen-bond donors (Lipinski definition) is 2. The van der Waals surface area contributed by atoms with Crippen LogP contribution in [0.1, 0.15) is 42.2 Å². The van der Waals surface area contributed by atoms with Gasteiger partial charge < -0.3 is 10.1 Å². The van der Waals surface area contributed by atoms with Gasteiger partial charge in [0.25, 0.3) is 5.91 Å². The van der Waals surface area contributed by atoms with Crippen molar-refractivity contribution < 1.29 is 17.9 Å². The molecule has 1 amide bonds. The monoisotopic (exact) mass is 422 g/mol. The fourth-order valence-electron chi connectivity index (χ4n) is 2.60. The maximum absolute atomic E-state index is 12.7. The summed E-state index contributed by atoms with van der Waals surface area (Å²) in [4.78, 5) is 13.8. The van der Waals surface area contributed by atoms with Crippen LogP contribution in [-0.2, 0) is 10.0 Å². The number of methoxy groups -OCH3 is 1. The Bertz CT molecular complexity index is 912. The Hall–Kier alpha value is -2.03. The van der Waals surface area contributed by atoms with Crippen LogP contribution >= 0.6 is 11.8 Å². The average molecular weight is 423 g/mol. The minimum absolute atomic E-state index is 0.0481. The highest BCUT2D eigenvalue weighted by Crippen LogP contribution is 2.25. The maximum atomic E-state index is 12.7. The summed E-state index contributed by atoms with van der Waals surface area (Å²) in [5.41, 5.74) is 1.22. The number of rotatable bonds is 9. The second-order valence-electron chi connectivity index (χ2n) is 6.23. The van der Waals surface area contributed by atoms with Crippen LogP contribution < -0.4 is 14.8 Å². The smallest absolute Gasteiger partial charge is 0.251 e. The van der Waals surface area contributed by atoms with Crippen molar-refractivity contribution >= 4 is 27.7 Å². The molecule has 0 spiro atoms. The fourth-order valence-corrected chi connectivity index (χ4v) is 4.33. The highest BCUT2D eigenvalue weighted by atomic mass is 32.2. The van der Waals surface area contributed by atoms with Crippen LogP contribution in [0.4, 0.5) is 0 Å². The van der Waals surface area contributed by atoms with Crippen molar-refractivity contribution in [3.8, 4) is 5.75 Å². The average Bonchev–Trinajstić information content (AvgIpc) is 2.71. The summed E-state index contributed by atoms with van der Waals surface area (Å²) in [7, 11) is -2.37. The van der Waals surface area contributed by atoms with E-state index in [1.54, 1.807) is 17.8 Å². The molecule has 0 radical (unpaired) electrons. The highest BCUT2D eigenvalue weighted by Gasteiger charge is 2.22. The summed E-state index contributed by atoms with van der Waals surface area (Å²) in [5.74, 6) is -0.156. The normalized spacial score (nSPS) is 12.4. The first kappa shape index (κ1) is 22.3. The van der Waals surface area contributed by atoms with Crippen LogP contribution in [0.5, 0.6) is 5.75 Å². The number of amides is 1.